The largest absolute Gasteiger partial charge is 0.289 e. The predicted molar refractivity (Wildman–Crippen MR) is 78.9 cm³/mol. The Morgan fingerprint density at radius 2 is 1.72 bits per heavy atom. The molecule has 3 rings (SSSR count). The van der Waals surface area contributed by atoms with Gasteiger partial charge in [-0.05, 0) is 24.3 Å². The van der Waals surface area contributed by atoms with Crippen LogP contribution in [0.4, 0.5) is 0 Å². The summed E-state index contributed by atoms with van der Waals surface area (Å²) in [5.74, 6) is 0. The van der Waals surface area contributed by atoms with Crippen LogP contribution < -0.4 is 5.43 Å². The third-order valence-electron chi connectivity index (χ3n) is 2.83. The Hall–Kier alpha value is -1.65. The van der Waals surface area contributed by atoms with Gasteiger partial charge in [0.15, 0.2) is 5.43 Å². The van der Waals surface area contributed by atoms with E-state index < -0.39 is 0 Å². The van der Waals surface area contributed by atoms with Crippen LogP contribution in [0, 0.1) is 0 Å². The fraction of sp³-hybridized carbons (Fsp3) is 0. The van der Waals surface area contributed by atoms with E-state index in [1.165, 1.54) is 11.3 Å². The standard InChI is InChI=1S/C14H8O2S2/c15-12-8-4-1-2-7-11(8)18-13-9(12)5-3-6-10(13)14(16)17/h1-7H,(H,16,17). The summed E-state index contributed by atoms with van der Waals surface area (Å²) in [6, 6.07) is 12.6. The fourth-order valence-electron chi connectivity index (χ4n) is 1.99. The van der Waals surface area contributed by atoms with Gasteiger partial charge in [0.05, 0.1) is 4.70 Å². The van der Waals surface area contributed by atoms with Crippen LogP contribution in [0.3, 0.4) is 0 Å². The number of thiol groups is 1. The number of benzene rings is 2. The molecule has 0 radical (unpaired) electrons. The molecular formula is C14H8O2S2. The van der Waals surface area contributed by atoms with Gasteiger partial charge in [-0.25, -0.2) is 0 Å². The molecule has 1 aromatic heterocycles. The van der Waals surface area contributed by atoms with Gasteiger partial charge in [0.25, 0.3) is 0 Å². The van der Waals surface area contributed by atoms with E-state index in [0.717, 1.165) is 4.70 Å². The van der Waals surface area contributed by atoms with Crippen molar-refractivity contribution < 1.29 is 4.79 Å². The van der Waals surface area contributed by atoms with Crippen molar-refractivity contribution in [3.8, 4) is 0 Å². The van der Waals surface area contributed by atoms with E-state index in [0.29, 0.717) is 21.0 Å². The first-order valence-electron chi connectivity index (χ1n) is 5.36. The normalized spacial score (nSPS) is 10.9. The summed E-state index contributed by atoms with van der Waals surface area (Å²) in [5, 5.41) is 0.962. The van der Waals surface area contributed by atoms with Gasteiger partial charge in [-0.3, -0.25) is 9.59 Å². The molecular weight excluding hydrogens is 264 g/mol. The molecule has 0 spiro atoms. The molecule has 0 saturated carbocycles. The van der Waals surface area contributed by atoms with Gasteiger partial charge in [0, 0.05) is 21.0 Å². The number of hydrogen-bond donors (Lipinski definition) is 1. The second kappa shape index (κ2) is 4.23. The van der Waals surface area contributed by atoms with Crippen LogP contribution in [0.2, 0.25) is 0 Å². The van der Waals surface area contributed by atoms with Gasteiger partial charge in [0.2, 0.25) is 5.12 Å². The minimum absolute atomic E-state index is 0.0317. The number of rotatable bonds is 1. The van der Waals surface area contributed by atoms with Crippen molar-refractivity contribution in [3.63, 3.8) is 0 Å². The van der Waals surface area contributed by atoms with Crippen LogP contribution >= 0.6 is 24.0 Å². The van der Waals surface area contributed by atoms with E-state index >= 15 is 0 Å². The smallest absolute Gasteiger partial charge is 0.217 e. The lowest BCUT2D eigenvalue weighted by Crippen LogP contribution is -2.02. The highest BCUT2D eigenvalue weighted by atomic mass is 32.1. The van der Waals surface area contributed by atoms with E-state index in [2.05, 4.69) is 12.6 Å². The highest BCUT2D eigenvalue weighted by Crippen LogP contribution is 2.27. The van der Waals surface area contributed by atoms with Gasteiger partial charge < -0.3 is 0 Å². The molecule has 3 aromatic rings. The van der Waals surface area contributed by atoms with Crippen molar-refractivity contribution in [2.24, 2.45) is 0 Å². The van der Waals surface area contributed by atoms with Crippen LogP contribution in [-0.4, -0.2) is 5.12 Å². The Labute approximate surface area is 112 Å². The zero-order chi connectivity index (χ0) is 12.7. The maximum Gasteiger partial charge on any atom is 0.217 e. The average Bonchev–Trinajstić information content (AvgIpc) is 2.38. The first-order chi connectivity index (χ1) is 8.68. The second-order valence-corrected chi connectivity index (χ2v) is 5.37. The lowest BCUT2D eigenvalue weighted by molar-refractivity contribution is 0.109. The number of fused-ring (bicyclic) bond motifs is 2. The fourth-order valence-corrected chi connectivity index (χ4v) is 3.43. The highest BCUT2D eigenvalue weighted by Gasteiger charge is 2.11. The Kier molecular flexibility index (Phi) is 2.69. The van der Waals surface area contributed by atoms with Gasteiger partial charge in [0.1, 0.15) is 0 Å². The summed E-state index contributed by atoms with van der Waals surface area (Å²) in [5.41, 5.74) is 0.458. The van der Waals surface area contributed by atoms with E-state index in [1.807, 2.05) is 24.3 Å². The van der Waals surface area contributed by atoms with Gasteiger partial charge in [-0.15, -0.1) is 24.0 Å². The molecule has 0 aliphatic heterocycles. The van der Waals surface area contributed by atoms with Crippen LogP contribution in [0.1, 0.15) is 10.4 Å². The van der Waals surface area contributed by atoms with Crippen molar-refractivity contribution >= 4 is 49.3 Å². The molecule has 18 heavy (non-hydrogen) atoms. The van der Waals surface area contributed by atoms with Gasteiger partial charge in [-0.1, -0.05) is 18.2 Å². The molecule has 0 atom stereocenters. The topological polar surface area (TPSA) is 34.1 Å². The second-order valence-electron chi connectivity index (χ2n) is 3.91. The van der Waals surface area contributed by atoms with Crippen molar-refractivity contribution in [2.75, 3.05) is 0 Å². The first-order valence-corrected chi connectivity index (χ1v) is 6.63. The lowest BCUT2D eigenvalue weighted by atomic mass is 10.1. The average molecular weight is 272 g/mol. The summed E-state index contributed by atoms with van der Waals surface area (Å²) in [7, 11) is 0. The van der Waals surface area contributed by atoms with E-state index in [4.69, 9.17) is 0 Å². The minimum atomic E-state index is -0.313. The summed E-state index contributed by atoms with van der Waals surface area (Å²) < 4.78 is 1.60. The predicted octanol–water partition coefficient (Wildman–Crippen LogP) is 3.48. The molecule has 4 heteroatoms. The molecule has 88 valence electrons. The molecule has 0 aliphatic carbocycles. The first kappa shape index (κ1) is 11.4. The Balaban J connectivity index is 2.60. The van der Waals surface area contributed by atoms with E-state index in [9.17, 15) is 9.59 Å². The molecule has 0 amide bonds. The number of carbonyl (C=O) groups excluding carboxylic acids is 1. The molecule has 0 unspecified atom stereocenters. The summed E-state index contributed by atoms with van der Waals surface area (Å²) >= 11 is 5.31. The SMILES string of the molecule is O=C(S)c1cccc2c(=O)c3ccccc3sc12. The lowest BCUT2D eigenvalue weighted by Gasteiger charge is -2.03. The summed E-state index contributed by atoms with van der Waals surface area (Å²) in [4.78, 5) is 23.8. The Bertz CT molecular complexity index is 834. The highest BCUT2D eigenvalue weighted by molar-refractivity contribution is 7.97. The minimum Gasteiger partial charge on any atom is -0.289 e. The molecule has 0 N–H and O–H groups in total. The third kappa shape index (κ3) is 1.65. The Morgan fingerprint density at radius 1 is 1.00 bits per heavy atom. The van der Waals surface area contributed by atoms with Crippen LogP contribution in [0.15, 0.2) is 47.3 Å². The zero-order valence-corrected chi connectivity index (χ0v) is 10.9. The maximum atomic E-state index is 12.3. The van der Waals surface area contributed by atoms with Gasteiger partial charge >= 0.3 is 0 Å². The van der Waals surface area contributed by atoms with E-state index in [1.54, 1.807) is 18.2 Å². The third-order valence-corrected chi connectivity index (χ3v) is 4.29. The monoisotopic (exact) mass is 272 g/mol. The molecule has 2 aromatic carbocycles. The van der Waals surface area contributed by atoms with Crippen molar-refractivity contribution in [2.45, 2.75) is 0 Å². The molecule has 0 aliphatic rings. The summed E-state index contributed by atoms with van der Waals surface area (Å²) in [6.07, 6.45) is 0. The van der Waals surface area contributed by atoms with Crippen molar-refractivity contribution in [3.05, 3.63) is 58.3 Å². The molecule has 0 saturated heterocycles. The molecule has 2 nitrogen and oxygen atoms in total. The quantitative estimate of drug-likeness (QED) is 0.543. The van der Waals surface area contributed by atoms with Crippen LogP contribution in [-0.2, 0) is 0 Å². The van der Waals surface area contributed by atoms with Crippen molar-refractivity contribution in [1.82, 2.24) is 0 Å². The number of hydrogen-bond acceptors (Lipinski definition) is 3. The summed E-state index contributed by atoms with van der Waals surface area (Å²) in [6.45, 7) is 0. The van der Waals surface area contributed by atoms with Crippen LogP contribution in [0.25, 0.3) is 20.2 Å². The van der Waals surface area contributed by atoms with Crippen molar-refractivity contribution in [1.29, 1.82) is 0 Å². The zero-order valence-electron chi connectivity index (χ0n) is 9.21. The maximum absolute atomic E-state index is 12.3. The molecule has 1 heterocycles. The number of carbonyl (C=O) groups is 1. The van der Waals surface area contributed by atoms with Crippen LogP contribution in [0.5, 0.6) is 0 Å². The molecule has 0 fully saturated rings. The molecule has 0 bridgehead atoms. The Morgan fingerprint density at radius 3 is 2.50 bits per heavy atom. The van der Waals surface area contributed by atoms with Gasteiger partial charge in [-0.2, -0.15) is 0 Å². The van der Waals surface area contributed by atoms with E-state index in [-0.39, 0.29) is 10.5 Å².